The second kappa shape index (κ2) is 4.05. The summed E-state index contributed by atoms with van der Waals surface area (Å²) in [5.74, 6) is -0.827. The molecule has 2 rings (SSSR count). The first-order valence-corrected chi connectivity index (χ1v) is 5.54. The van der Waals surface area contributed by atoms with E-state index in [4.69, 9.17) is 5.11 Å². The van der Waals surface area contributed by atoms with Gasteiger partial charge in [0.2, 0.25) is 0 Å². The minimum Gasteiger partial charge on any atom is -0.481 e. The lowest BCUT2D eigenvalue weighted by Gasteiger charge is -2.22. The molecular formula is C13H16O2. The molecule has 0 heterocycles. The normalized spacial score (nSPS) is 19.7. The predicted molar refractivity (Wildman–Crippen MR) is 59.0 cm³/mol. The van der Waals surface area contributed by atoms with Crippen molar-refractivity contribution in [2.45, 2.75) is 32.6 Å². The van der Waals surface area contributed by atoms with Gasteiger partial charge in [0.25, 0.3) is 0 Å². The lowest BCUT2D eigenvalue weighted by Crippen LogP contribution is -2.22. The lowest BCUT2D eigenvalue weighted by atomic mass is 9.83. The molecule has 15 heavy (non-hydrogen) atoms. The molecule has 1 aliphatic rings. The Hall–Kier alpha value is -1.31. The van der Waals surface area contributed by atoms with Gasteiger partial charge in [0.15, 0.2) is 0 Å². The summed E-state index contributed by atoms with van der Waals surface area (Å²) in [5, 5.41) is 8.99. The third-order valence-corrected chi connectivity index (χ3v) is 3.26. The molecule has 80 valence electrons. The standard InChI is InChI=1S/C13H16O2/c1-2-9-3-4-10-5-6-11(13(14)15)8-12(10)7-9/h3-4,7,11H,2,5-6,8H2,1H3,(H,14,15). The Labute approximate surface area is 89.9 Å². The first-order chi connectivity index (χ1) is 7.20. The van der Waals surface area contributed by atoms with Gasteiger partial charge < -0.3 is 5.11 Å². The number of rotatable bonds is 2. The van der Waals surface area contributed by atoms with Crippen molar-refractivity contribution in [3.63, 3.8) is 0 Å². The Morgan fingerprint density at radius 3 is 2.93 bits per heavy atom. The van der Waals surface area contributed by atoms with Crippen LogP contribution in [0.1, 0.15) is 30.0 Å². The van der Waals surface area contributed by atoms with Gasteiger partial charge in [0.05, 0.1) is 5.92 Å². The summed E-state index contributed by atoms with van der Waals surface area (Å²) < 4.78 is 0. The van der Waals surface area contributed by atoms with E-state index in [-0.39, 0.29) is 5.92 Å². The Balaban J connectivity index is 2.27. The van der Waals surface area contributed by atoms with Crippen LogP contribution in [0, 0.1) is 5.92 Å². The summed E-state index contributed by atoms with van der Waals surface area (Å²) in [6, 6.07) is 6.48. The summed E-state index contributed by atoms with van der Waals surface area (Å²) in [4.78, 5) is 10.9. The van der Waals surface area contributed by atoms with Crippen molar-refractivity contribution in [3.05, 3.63) is 34.9 Å². The van der Waals surface area contributed by atoms with Crippen LogP contribution in [0.25, 0.3) is 0 Å². The molecule has 0 spiro atoms. The zero-order chi connectivity index (χ0) is 10.8. The van der Waals surface area contributed by atoms with Gasteiger partial charge in [-0.05, 0) is 42.4 Å². The number of fused-ring (bicyclic) bond motifs is 1. The monoisotopic (exact) mass is 204 g/mol. The zero-order valence-corrected chi connectivity index (χ0v) is 8.99. The number of hydrogen-bond donors (Lipinski definition) is 1. The van der Waals surface area contributed by atoms with Gasteiger partial charge >= 0.3 is 5.97 Å². The average Bonchev–Trinajstić information content (AvgIpc) is 2.27. The largest absolute Gasteiger partial charge is 0.481 e. The van der Waals surface area contributed by atoms with Gasteiger partial charge in [-0.1, -0.05) is 25.1 Å². The van der Waals surface area contributed by atoms with E-state index in [2.05, 4.69) is 25.1 Å². The molecule has 1 unspecified atom stereocenters. The molecule has 1 atom stereocenters. The van der Waals surface area contributed by atoms with E-state index in [9.17, 15) is 4.79 Å². The highest BCUT2D eigenvalue weighted by Crippen LogP contribution is 2.26. The fraction of sp³-hybridized carbons (Fsp3) is 0.462. The number of hydrogen-bond acceptors (Lipinski definition) is 1. The summed E-state index contributed by atoms with van der Waals surface area (Å²) >= 11 is 0. The van der Waals surface area contributed by atoms with Crippen LogP contribution >= 0.6 is 0 Å². The number of carbonyl (C=O) groups is 1. The molecule has 0 aliphatic heterocycles. The Bertz CT molecular complexity index is 382. The van der Waals surface area contributed by atoms with E-state index < -0.39 is 5.97 Å². The SMILES string of the molecule is CCc1ccc2c(c1)CC(C(=O)O)CC2. The van der Waals surface area contributed by atoms with Gasteiger partial charge in [0.1, 0.15) is 0 Å². The van der Waals surface area contributed by atoms with Crippen molar-refractivity contribution in [2.24, 2.45) is 5.92 Å². The molecule has 2 nitrogen and oxygen atoms in total. The Kier molecular flexibility index (Phi) is 2.76. The number of aryl methyl sites for hydroxylation is 2. The molecule has 0 aromatic heterocycles. The van der Waals surface area contributed by atoms with Crippen molar-refractivity contribution in [3.8, 4) is 0 Å². The first kappa shape index (κ1) is 10.2. The molecule has 1 aromatic carbocycles. The zero-order valence-electron chi connectivity index (χ0n) is 8.99. The lowest BCUT2D eigenvalue weighted by molar-refractivity contribution is -0.142. The minimum absolute atomic E-state index is 0.176. The molecule has 0 bridgehead atoms. The molecule has 0 saturated heterocycles. The van der Waals surface area contributed by atoms with E-state index in [1.54, 1.807) is 0 Å². The molecule has 2 heteroatoms. The molecule has 1 aromatic rings. The van der Waals surface area contributed by atoms with Crippen LogP contribution in [0.2, 0.25) is 0 Å². The molecule has 1 aliphatic carbocycles. The van der Waals surface area contributed by atoms with Gasteiger partial charge in [-0.2, -0.15) is 0 Å². The number of carboxylic acids is 1. The summed E-state index contributed by atoms with van der Waals surface area (Å²) in [7, 11) is 0. The molecule has 1 N–H and O–H groups in total. The maximum absolute atomic E-state index is 10.9. The van der Waals surface area contributed by atoms with Gasteiger partial charge in [0, 0.05) is 0 Å². The molecule has 0 radical (unpaired) electrons. The second-order valence-corrected chi connectivity index (χ2v) is 4.23. The van der Waals surface area contributed by atoms with E-state index in [1.807, 2.05) is 0 Å². The summed E-state index contributed by atoms with van der Waals surface area (Å²) in [6.45, 7) is 2.12. The average molecular weight is 204 g/mol. The minimum atomic E-state index is -0.650. The van der Waals surface area contributed by atoms with Gasteiger partial charge in [-0.25, -0.2) is 0 Å². The summed E-state index contributed by atoms with van der Waals surface area (Å²) in [6.07, 6.45) is 3.42. The van der Waals surface area contributed by atoms with Gasteiger partial charge in [-0.3, -0.25) is 4.79 Å². The Morgan fingerprint density at radius 1 is 1.47 bits per heavy atom. The summed E-state index contributed by atoms with van der Waals surface area (Å²) in [5.41, 5.74) is 3.89. The maximum Gasteiger partial charge on any atom is 0.306 e. The molecule has 0 fully saturated rings. The van der Waals surface area contributed by atoms with Crippen molar-refractivity contribution in [2.75, 3.05) is 0 Å². The van der Waals surface area contributed by atoms with Crippen molar-refractivity contribution < 1.29 is 9.90 Å². The topological polar surface area (TPSA) is 37.3 Å². The van der Waals surface area contributed by atoms with E-state index in [1.165, 1.54) is 16.7 Å². The second-order valence-electron chi connectivity index (χ2n) is 4.23. The number of aliphatic carboxylic acids is 1. The smallest absolute Gasteiger partial charge is 0.306 e. The molecular weight excluding hydrogens is 188 g/mol. The van der Waals surface area contributed by atoms with Gasteiger partial charge in [-0.15, -0.1) is 0 Å². The van der Waals surface area contributed by atoms with E-state index in [0.717, 1.165) is 19.3 Å². The van der Waals surface area contributed by atoms with Crippen molar-refractivity contribution >= 4 is 5.97 Å². The van der Waals surface area contributed by atoms with Crippen LogP contribution < -0.4 is 0 Å². The van der Waals surface area contributed by atoms with E-state index >= 15 is 0 Å². The maximum atomic E-state index is 10.9. The van der Waals surface area contributed by atoms with Crippen LogP contribution in [0.5, 0.6) is 0 Å². The molecule has 0 saturated carbocycles. The fourth-order valence-corrected chi connectivity index (χ4v) is 2.24. The van der Waals surface area contributed by atoms with Crippen LogP contribution in [0.15, 0.2) is 18.2 Å². The highest BCUT2D eigenvalue weighted by atomic mass is 16.4. The first-order valence-electron chi connectivity index (χ1n) is 5.54. The van der Waals surface area contributed by atoms with E-state index in [0.29, 0.717) is 6.42 Å². The Morgan fingerprint density at radius 2 is 2.27 bits per heavy atom. The number of benzene rings is 1. The quantitative estimate of drug-likeness (QED) is 0.803. The van der Waals surface area contributed by atoms with Crippen LogP contribution in [0.3, 0.4) is 0 Å². The highest BCUT2D eigenvalue weighted by Gasteiger charge is 2.23. The third kappa shape index (κ3) is 2.04. The number of carboxylic acid groups (broad SMARTS) is 1. The predicted octanol–water partition coefficient (Wildman–Crippen LogP) is 2.44. The van der Waals surface area contributed by atoms with Crippen molar-refractivity contribution in [1.82, 2.24) is 0 Å². The van der Waals surface area contributed by atoms with Crippen molar-refractivity contribution in [1.29, 1.82) is 0 Å². The van der Waals surface area contributed by atoms with Crippen LogP contribution in [-0.4, -0.2) is 11.1 Å². The van der Waals surface area contributed by atoms with Crippen LogP contribution in [-0.2, 0) is 24.1 Å². The molecule has 0 amide bonds. The highest BCUT2D eigenvalue weighted by molar-refractivity contribution is 5.71. The fourth-order valence-electron chi connectivity index (χ4n) is 2.24. The third-order valence-electron chi connectivity index (χ3n) is 3.26. The van der Waals surface area contributed by atoms with Crippen LogP contribution in [0.4, 0.5) is 0 Å².